The number of likely N-dealkylation sites (tertiary alicyclic amines) is 1. The molecule has 1 aliphatic rings. The Labute approximate surface area is 209 Å². The van der Waals surface area contributed by atoms with Gasteiger partial charge in [0, 0.05) is 36.8 Å². The first-order valence-corrected chi connectivity index (χ1v) is 11.9. The molecule has 178 valence electrons. The average Bonchev–Trinajstić information content (AvgIpc) is 3.06. The van der Waals surface area contributed by atoms with Crippen molar-refractivity contribution < 1.29 is 18.7 Å². The minimum Gasteiger partial charge on any atom is -0.446 e. The van der Waals surface area contributed by atoms with Crippen LogP contribution in [0.3, 0.4) is 0 Å². The minimum atomic E-state index is -0.571. The van der Waals surface area contributed by atoms with Gasteiger partial charge >= 0.3 is 6.09 Å². The molecule has 1 aromatic heterocycles. The molecule has 4 rings (SSSR count). The number of nitrogen functional groups attached to an aromatic ring is 1. The molecular formula is C24H23BrClFN4O3. The molecule has 1 unspecified atom stereocenters. The first kappa shape index (κ1) is 24.2. The maximum Gasteiger partial charge on any atom is 0.410 e. The Bertz CT molecular complexity index is 1350. The Morgan fingerprint density at radius 3 is 2.74 bits per heavy atom. The molecule has 2 heterocycles. The number of fused-ring (bicyclic) bond motifs is 1. The summed E-state index contributed by atoms with van der Waals surface area (Å²) in [7, 11) is 1.79. The van der Waals surface area contributed by atoms with Crippen LogP contribution in [0.25, 0.3) is 17.0 Å². The van der Waals surface area contributed by atoms with Crippen molar-refractivity contribution in [3.8, 4) is 0 Å². The maximum atomic E-state index is 13.7. The highest BCUT2D eigenvalue weighted by Gasteiger charge is 2.29. The Balaban J connectivity index is 1.66. The Kier molecular flexibility index (Phi) is 6.69. The highest BCUT2D eigenvalue weighted by molar-refractivity contribution is 9.10. The van der Waals surface area contributed by atoms with E-state index in [0.717, 1.165) is 29.1 Å². The number of aryl methyl sites for hydroxylation is 1. The molecular weight excluding hydrogens is 527 g/mol. The minimum absolute atomic E-state index is 0.0190. The van der Waals surface area contributed by atoms with Crippen molar-refractivity contribution in [3.05, 3.63) is 62.0 Å². The third-order valence-corrected chi connectivity index (χ3v) is 6.91. The van der Waals surface area contributed by atoms with E-state index in [1.807, 2.05) is 19.9 Å². The molecule has 0 aliphatic carbocycles. The van der Waals surface area contributed by atoms with Gasteiger partial charge in [0.1, 0.15) is 17.4 Å². The molecule has 0 radical (unpaired) electrons. The molecule has 1 amide bonds. The number of anilines is 1. The fourth-order valence-corrected chi connectivity index (χ4v) is 4.63. The van der Waals surface area contributed by atoms with Crippen molar-refractivity contribution >= 4 is 62.1 Å². The lowest BCUT2D eigenvalue weighted by Crippen LogP contribution is -2.45. The Hall–Kier alpha value is -2.91. The second-order valence-electron chi connectivity index (χ2n) is 8.27. The fraction of sp³-hybridized carbons (Fsp3) is 0.292. The van der Waals surface area contributed by atoms with Crippen LogP contribution in [0.5, 0.6) is 0 Å². The first-order valence-electron chi connectivity index (χ1n) is 10.7. The highest BCUT2D eigenvalue weighted by Crippen LogP contribution is 2.37. The third kappa shape index (κ3) is 4.42. The van der Waals surface area contributed by atoms with Crippen molar-refractivity contribution in [2.75, 3.05) is 18.8 Å². The monoisotopic (exact) mass is 548 g/mol. The quantitative estimate of drug-likeness (QED) is 0.332. The van der Waals surface area contributed by atoms with Crippen LogP contribution >= 0.6 is 27.5 Å². The first-order chi connectivity index (χ1) is 16.1. The smallest absolute Gasteiger partial charge is 0.410 e. The molecule has 0 saturated carbocycles. The van der Waals surface area contributed by atoms with Crippen LogP contribution in [0.4, 0.5) is 14.9 Å². The number of ether oxygens (including phenoxy) is 1. The second kappa shape index (κ2) is 9.38. The summed E-state index contributed by atoms with van der Waals surface area (Å²) in [6, 6.07) is 5.28. The summed E-state index contributed by atoms with van der Waals surface area (Å²) in [5.74, 6) is -1.08. The summed E-state index contributed by atoms with van der Waals surface area (Å²) in [6.07, 6.45) is 2.27. The number of carbonyl (C=O) groups is 2. The Morgan fingerprint density at radius 1 is 1.35 bits per heavy atom. The normalized spacial score (nSPS) is 14.2. The fourth-order valence-electron chi connectivity index (χ4n) is 3.73. The number of ketones is 1. The molecule has 3 aromatic rings. The number of nitrogens with zero attached hydrogens (tertiary/aromatic N) is 3. The van der Waals surface area contributed by atoms with E-state index in [0.29, 0.717) is 23.1 Å². The lowest BCUT2D eigenvalue weighted by atomic mass is 9.99. The number of nitrogens with two attached hydrogens (primary N) is 1. The topological polar surface area (TPSA) is 90.4 Å². The van der Waals surface area contributed by atoms with Crippen LogP contribution in [-0.4, -0.2) is 45.8 Å². The van der Waals surface area contributed by atoms with Crippen molar-refractivity contribution in [1.82, 2.24) is 14.7 Å². The summed E-state index contributed by atoms with van der Waals surface area (Å²) in [5, 5.41) is 5.42. The van der Waals surface area contributed by atoms with Crippen molar-refractivity contribution in [3.63, 3.8) is 0 Å². The van der Waals surface area contributed by atoms with Crippen LogP contribution in [0, 0.1) is 5.82 Å². The lowest BCUT2D eigenvalue weighted by Gasteiger charge is -2.34. The number of hydrogen-bond acceptors (Lipinski definition) is 5. The number of aromatic nitrogens is 2. The predicted molar refractivity (Wildman–Crippen MR) is 133 cm³/mol. The van der Waals surface area contributed by atoms with Gasteiger partial charge in [0.25, 0.3) is 0 Å². The summed E-state index contributed by atoms with van der Waals surface area (Å²) < 4.78 is 21.2. The maximum absolute atomic E-state index is 13.7. The van der Waals surface area contributed by atoms with Gasteiger partial charge in [-0.3, -0.25) is 9.48 Å². The van der Waals surface area contributed by atoms with Gasteiger partial charge in [-0.15, -0.1) is 0 Å². The lowest BCUT2D eigenvalue weighted by molar-refractivity contribution is 0.0638. The summed E-state index contributed by atoms with van der Waals surface area (Å²) in [6.45, 7) is 4.75. The van der Waals surface area contributed by atoms with Gasteiger partial charge in [0.2, 0.25) is 0 Å². The largest absolute Gasteiger partial charge is 0.446 e. The van der Waals surface area contributed by atoms with Gasteiger partial charge in [-0.1, -0.05) is 18.5 Å². The number of hydrogen-bond donors (Lipinski definition) is 1. The van der Waals surface area contributed by atoms with E-state index in [4.69, 9.17) is 22.1 Å². The average molecular weight is 550 g/mol. The SMILES string of the molecule is CCC(C)OC(=O)N1CC(=Cc2c3cc(N)c(C(=O)c4cc(F)ccc4Cl)c(Br)c3nn2C)C1. The highest BCUT2D eigenvalue weighted by atomic mass is 79.9. The zero-order valence-corrected chi connectivity index (χ0v) is 21.2. The van der Waals surface area contributed by atoms with E-state index < -0.39 is 11.6 Å². The van der Waals surface area contributed by atoms with Crippen LogP contribution in [0.15, 0.2) is 34.3 Å². The van der Waals surface area contributed by atoms with Gasteiger partial charge < -0.3 is 15.4 Å². The van der Waals surface area contributed by atoms with Crippen molar-refractivity contribution in [2.45, 2.75) is 26.4 Å². The number of carbonyl (C=O) groups excluding carboxylic acids is 2. The number of amides is 1. The van der Waals surface area contributed by atoms with Gasteiger partial charge in [0.05, 0.1) is 20.8 Å². The predicted octanol–water partition coefficient (Wildman–Crippen LogP) is 5.58. The van der Waals surface area contributed by atoms with Crippen LogP contribution in [-0.2, 0) is 11.8 Å². The number of rotatable bonds is 5. The summed E-state index contributed by atoms with van der Waals surface area (Å²) in [5.41, 5.74) is 9.03. The molecule has 1 atom stereocenters. The molecule has 1 saturated heterocycles. The molecule has 0 bridgehead atoms. The van der Waals surface area contributed by atoms with Crippen LogP contribution < -0.4 is 5.73 Å². The van der Waals surface area contributed by atoms with Crippen molar-refractivity contribution in [1.29, 1.82) is 0 Å². The third-order valence-electron chi connectivity index (χ3n) is 5.81. The number of benzene rings is 2. The molecule has 2 aromatic carbocycles. The van der Waals surface area contributed by atoms with E-state index in [-0.39, 0.29) is 34.0 Å². The van der Waals surface area contributed by atoms with Crippen molar-refractivity contribution in [2.24, 2.45) is 7.05 Å². The van der Waals surface area contributed by atoms with Crippen LogP contribution in [0.2, 0.25) is 5.02 Å². The van der Waals surface area contributed by atoms with Gasteiger partial charge in [-0.25, -0.2) is 9.18 Å². The van der Waals surface area contributed by atoms with E-state index >= 15 is 0 Å². The zero-order chi connectivity index (χ0) is 24.7. The standard InChI is InChI=1S/C24H23BrClFN4O3/c1-4-12(2)34-24(33)31-10-13(11-31)7-19-16-9-18(28)20(21(25)22(16)29-30(19)3)23(32)15-8-14(27)5-6-17(15)26/h5-9,12H,4,10-11,28H2,1-3H3. The van der Waals surface area contributed by atoms with Gasteiger partial charge in [0.15, 0.2) is 5.78 Å². The van der Waals surface area contributed by atoms with Gasteiger partial charge in [-0.2, -0.15) is 5.10 Å². The zero-order valence-electron chi connectivity index (χ0n) is 18.9. The molecule has 1 fully saturated rings. The summed E-state index contributed by atoms with van der Waals surface area (Å²) in [4.78, 5) is 26.9. The molecule has 7 nitrogen and oxygen atoms in total. The van der Waals surface area contributed by atoms with E-state index in [1.54, 1.807) is 22.7 Å². The molecule has 2 N–H and O–H groups in total. The summed E-state index contributed by atoms with van der Waals surface area (Å²) >= 11 is 9.61. The van der Waals surface area contributed by atoms with E-state index in [2.05, 4.69) is 21.0 Å². The second-order valence-corrected chi connectivity index (χ2v) is 9.47. The molecule has 1 aliphatic heterocycles. The molecule has 0 spiro atoms. The number of halogens is 3. The van der Waals surface area contributed by atoms with Crippen LogP contribution in [0.1, 0.15) is 41.9 Å². The van der Waals surface area contributed by atoms with Gasteiger partial charge in [-0.05, 0) is 65.2 Å². The molecule has 10 heteroatoms. The molecule has 34 heavy (non-hydrogen) atoms. The van der Waals surface area contributed by atoms with E-state index in [1.165, 1.54) is 12.1 Å². The van der Waals surface area contributed by atoms with E-state index in [9.17, 15) is 14.0 Å². The Morgan fingerprint density at radius 2 is 2.06 bits per heavy atom.